The predicted molar refractivity (Wildman–Crippen MR) is 123 cm³/mol. The third-order valence-electron chi connectivity index (χ3n) is 6.64. The summed E-state index contributed by atoms with van der Waals surface area (Å²) in [6.07, 6.45) is 7.54. The molecule has 2 saturated heterocycles. The summed E-state index contributed by atoms with van der Waals surface area (Å²) in [5.74, 6) is 1.23. The maximum atomic E-state index is 6.48. The zero-order valence-electron chi connectivity index (χ0n) is 17.6. The minimum absolute atomic E-state index is 0.0762. The number of piperidine rings is 1. The van der Waals surface area contributed by atoms with E-state index in [1.54, 1.807) is 12.4 Å². The molecule has 0 saturated carbocycles. The van der Waals surface area contributed by atoms with E-state index in [1.807, 2.05) is 19.2 Å². The number of aromatic nitrogens is 4. The first kappa shape index (κ1) is 20.8. The van der Waals surface area contributed by atoms with Crippen molar-refractivity contribution in [1.82, 2.24) is 19.4 Å². The average molecular weight is 460 g/mol. The molecule has 3 aromatic rings. The molecule has 0 aliphatic carbocycles. The number of rotatable bonds is 3. The predicted octanol–water partition coefficient (Wildman–Crippen LogP) is 3.15. The summed E-state index contributed by atoms with van der Waals surface area (Å²) in [4.78, 5) is 17.8. The lowest BCUT2D eigenvalue weighted by atomic mass is 9.73. The van der Waals surface area contributed by atoms with Gasteiger partial charge in [0.1, 0.15) is 5.82 Å². The van der Waals surface area contributed by atoms with Crippen LogP contribution >= 0.6 is 23.4 Å². The Morgan fingerprint density at radius 2 is 2.03 bits per heavy atom. The highest BCUT2D eigenvalue weighted by molar-refractivity contribution is 7.99. The van der Waals surface area contributed by atoms with Crippen LogP contribution in [0, 0.1) is 12.3 Å². The van der Waals surface area contributed by atoms with Gasteiger partial charge >= 0.3 is 0 Å². The maximum Gasteiger partial charge on any atom is 0.211 e. The SMILES string of the molecule is Cc1nc(N2CCC3(CC2)CO[C@@H](C)[C@H]3N)n2ccnc2c1Sc1ccnc(N)c1Cl. The molecule has 5 rings (SSSR count). The molecule has 2 aliphatic rings. The molecule has 2 atom stereocenters. The zero-order valence-corrected chi connectivity index (χ0v) is 19.2. The molecule has 0 bridgehead atoms. The molecule has 2 aliphatic heterocycles. The van der Waals surface area contributed by atoms with Crippen molar-refractivity contribution in [1.29, 1.82) is 0 Å². The maximum absolute atomic E-state index is 6.48. The van der Waals surface area contributed by atoms with E-state index in [9.17, 15) is 0 Å². The highest BCUT2D eigenvalue weighted by Gasteiger charge is 2.47. The number of hydrogen-bond donors (Lipinski definition) is 2. The normalized spacial score (nSPS) is 23.2. The Kier molecular flexibility index (Phi) is 5.24. The summed E-state index contributed by atoms with van der Waals surface area (Å²) >= 11 is 7.88. The van der Waals surface area contributed by atoms with Crippen molar-refractivity contribution in [2.24, 2.45) is 11.1 Å². The Morgan fingerprint density at radius 1 is 1.26 bits per heavy atom. The quantitative estimate of drug-likeness (QED) is 0.615. The first-order valence-electron chi connectivity index (χ1n) is 10.4. The van der Waals surface area contributed by atoms with E-state index in [0.717, 1.165) is 59.6 Å². The van der Waals surface area contributed by atoms with Crippen molar-refractivity contribution in [3.8, 4) is 0 Å². The van der Waals surface area contributed by atoms with Gasteiger partial charge in [0.2, 0.25) is 5.95 Å². The second kappa shape index (κ2) is 7.81. The van der Waals surface area contributed by atoms with Crippen molar-refractivity contribution in [3.05, 3.63) is 35.4 Å². The average Bonchev–Trinajstić information content (AvgIpc) is 3.35. The number of pyridine rings is 1. The van der Waals surface area contributed by atoms with Gasteiger partial charge in [-0.2, -0.15) is 0 Å². The number of nitrogen functional groups attached to an aromatic ring is 1. The minimum Gasteiger partial charge on any atom is -0.382 e. The number of fused-ring (bicyclic) bond motifs is 1. The van der Waals surface area contributed by atoms with Crippen LogP contribution in [0.2, 0.25) is 5.02 Å². The molecule has 31 heavy (non-hydrogen) atoms. The molecule has 1 spiro atoms. The van der Waals surface area contributed by atoms with Gasteiger partial charge in [-0.05, 0) is 32.8 Å². The van der Waals surface area contributed by atoms with Crippen LogP contribution in [-0.4, -0.2) is 51.2 Å². The van der Waals surface area contributed by atoms with Crippen molar-refractivity contribution >= 4 is 40.8 Å². The number of hydrogen-bond acceptors (Lipinski definition) is 8. The van der Waals surface area contributed by atoms with Gasteiger partial charge in [0.15, 0.2) is 5.65 Å². The van der Waals surface area contributed by atoms with Crippen molar-refractivity contribution < 1.29 is 4.74 Å². The molecule has 4 N–H and O–H groups in total. The second-order valence-corrected chi connectivity index (χ2v) is 9.88. The van der Waals surface area contributed by atoms with E-state index < -0.39 is 0 Å². The Morgan fingerprint density at radius 3 is 2.74 bits per heavy atom. The van der Waals surface area contributed by atoms with E-state index in [2.05, 4.69) is 26.2 Å². The van der Waals surface area contributed by atoms with Crippen LogP contribution in [0.1, 0.15) is 25.5 Å². The monoisotopic (exact) mass is 459 g/mol. The van der Waals surface area contributed by atoms with E-state index in [1.165, 1.54) is 11.8 Å². The summed E-state index contributed by atoms with van der Waals surface area (Å²) in [5.41, 5.74) is 14.2. The fraction of sp³-hybridized carbons (Fsp3) is 0.476. The third kappa shape index (κ3) is 3.44. The fourth-order valence-electron chi connectivity index (χ4n) is 4.65. The van der Waals surface area contributed by atoms with Gasteiger partial charge in [0, 0.05) is 48.0 Å². The van der Waals surface area contributed by atoms with Crippen molar-refractivity contribution in [2.45, 2.75) is 48.6 Å². The molecule has 0 radical (unpaired) electrons. The second-order valence-electron chi connectivity index (χ2n) is 8.45. The Balaban J connectivity index is 1.45. The highest BCUT2D eigenvalue weighted by Crippen LogP contribution is 2.43. The molecule has 0 unspecified atom stereocenters. The summed E-state index contributed by atoms with van der Waals surface area (Å²) in [5, 5.41) is 0.450. The lowest BCUT2D eigenvalue weighted by molar-refractivity contribution is 0.0973. The molecule has 3 aromatic heterocycles. The number of aryl methyl sites for hydroxylation is 1. The number of imidazole rings is 1. The van der Waals surface area contributed by atoms with Crippen LogP contribution < -0.4 is 16.4 Å². The van der Waals surface area contributed by atoms with Gasteiger partial charge in [-0.3, -0.25) is 4.40 Å². The molecular formula is C21H26ClN7OS. The van der Waals surface area contributed by atoms with Gasteiger partial charge in [-0.25, -0.2) is 15.0 Å². The van der Waals surface area contributed by atoms with E-state index in [-0.39, 0.29) is 17.6 Å². The first-order valence-corrected chi connectivity index (χ1v) is 11.6. The van der Waals surface area contributed by atoms with Crippen LogP contribution in [0.3, 0.4) is 0 Å². The van der Waals surface area contributed by atoms with Gasteiger partial charge in [0.25, 0.3) is 0 Å². The van der Waals surface area contributed by atoms with Crippen LogP contribution in [0.15, 0.2) is 34.4 Å². The summed E-state index contributed by atoms with van der Waals surface area (Å²) in [6, 6.07) is 1.95. The Bertz CT molecular complexity index is 1130. The van der Waals surface area contributed by atoms with E-state index in [0.29, 0.717) is 10.8 Å². The zero-order chi connectivity index (χ0) is 21.8. The van der Waals surface area contributed by atoms with Gasteiger partial charge in [-0.1, -0.05) is 23.4 Å². The molecule has 0 aromatic carbocycles. The van der Waals surface area contributed by atoms with Crippen LogP contribution in [-0.2, 0) is 4.74 Å². The molecule has 5 heterocycles. The standard InChI is InChI=1S/C21H26ClN7OS/c1-12-16(31-14-3-6-25-18(24)15(14)22)19-26-7-10-29(19)20(27-12)28-8-4-21(5-9-28)11-30-13(2)17(21)23/h3,6-7,10,13,17H,4-5,8-9,11,23H2,1-2H3,(H2,24,25)/t13-,17+/m0/s1. The van der Waals surface area contributed by atoms with Gasteiger partial charge in [0.05, 0.1) is 28.3 Å². The smallest absolute Gasteiger partial charge is 0.211 e. The number of ether oxygens (including phenoxy) is 1. The molecule has 2 fully saturated rings. The summed E-state index contributed by atoms with van der Waals surface area (Å²) in [7, 11) is 0. The van der Waals surface area contributed by atoms with Crippen molar-refractivity contribution in [2.75, 3.05) is 30.3 Å². The summed E-state index contributed by atoms with van der Waals surface area (Å²) in [6.45, 7) is 6.62. The highest BCUT2D eigenvalue weighted by atomic mass is 35.5. The Labute approximate surface area is 190 Å². The molecule has 10 heteroatoms. The van der Waals surface area contributed by atoms with Crippen LogP contribution in [0.25, 0.3) is 5.65 Å². The van der Waals surface area contributed by atoms with E-state index in [4.69, 9.17) is 32.8 Å². The lowest BCUT2D eigenvalue weighted by Crippen LogP contribution is -2.51. The molecular weight excluding hydrogens is 434 g/mol. The third-order valence-corrected chi connectivity index (χ3v) is 8.39. The molecule has 8 nitrogen and oxygen atoms in total. The van der Waals surface area contributed by atoms with Crippen LogP contribution in [0.4, 0.5) is 11.8 Å². The van der Waals surface area contributed by atoms with E-state index >= 15 is 0 Å². The first-order chi connectivity index (χ1) is 14.9. The molecule has 0 amide bonds. The van der Waals surface area contributed by atoms with Gasteiger partial charge < -0.3 is 21.1 Å². The minimum atomic E-state index is 0.0762. The molecule has 164 valence electrons. The number of nitrogens with two attached hydrogens (primary N) is 2. The lowest BCUT2D eigenvalue weighted by Gasteiger charge is -2.41. The largest absolute Gasteiger partial charge is 0.382 e. The number of anilines is 2. The topological polar surface area (TPSA) is 108 Å². The van der Waals surface area contributed by atoms with Crippen LogP contribution in [0.5, 0.6) is 0 Å². The fourth-order valence-corrected chi connectivity index (χ4v) is 5.85. The number of halogens is 1. The van der Waals surface area contributed by atoms with Crippen molar-refractivity contribution in [3.63, 3.8) is 0 Å². The van der Waals surface area contributed by atoms with Gasteiger partial charge in [-0.15, -0.1) is 0 Å². The Hall–Kier alpha value is -2.07. The number of nitrogens with zero attached hydrogens (tertiary/aromatic N) is 5. The summed E-state index contributed by atoms with van der Waals surface area (Å²) < 4.78 is 7.92.